The van der Waals surface area contributed by atoms with Crippen molar-refractivity contribution in [2.24, 2.45) is 0 Å². The number of rotatable bonds is 9. The second-order valence-electron chi connectivity index (χ2n) is 11.5. The topological polar surface area (TPSA) is 72.9 Å². The number of alkyl carbamates (subject to hydrolysis) is 1. The molecule has 5 rings (SSSR count). The highest BCUT2D eigenvalue weighted by atomic mass is 16.6. The molecule has 1 amide bonds. The van der Waals surface area contributed by atoms with Crippen LogP contribution in [0.3, 0.4) is 0 Å². The number of piperidine rings is 1. The van der Waals surface area contributed by atoms with Crippen LogP contribution < -0.4 is 19.7 Å². The monoisotopic (exact) mass is 565 g/mol. The highest BCUT2D eigenvalue weighted by Crippen LogP contribution is 2.33. The van der Waals surface area contributed by atoms with Crippen molar-refractivity contribution in [3.63, 3.8) is 0 Å². The van der Waals surface area contributed by atoms with Gasteiger partial charge in [0.25, 0.3) is 0 Å². The standard InChI is InChI=1S/C35H39N3O4/c1-35(2,3)42-34(39)36-29-20-22-38(23-21-29)30-16-14-28(15-17-30)31-18-19-32(40-24-26-10-6-4-7-11-26)37-33(31)41-25-27-12-8-5-9-13-27/h4-19,29H,20-25H2,1-3H3,(H,36,39). The molecule has 0 bridgehead atoms. The Hall–Kier alpha value is -4.52. The molecular formula is C35H39N3O4. The maximum absolute atomic E-state index is 12.2. The molecule has 3 aromatic carbocycles. The van der Waals surface area contributed by atoms with Crippen LogP contribution in [-0.2, 0) is 18.0 Å². The van der Waals surface area contributed by atoms with Crippen LogP contribution >= 0.6 is 0 Å². The van der Waals surface area contributed by atoms with Gasteiger partial charge in [-0.1, -0.05) is 72.8 Å². The summed E-state index contributed by atoms with van der Waals surface area (Å²) in [6, 6.07) is 32.6. The van der Waals surface area contributed by atoms with E-state index in [9.17, 15) is 4.79 Å². The highest BCUT2D eigenvalue weighted by molar-refractivity contribution is 5.71. The van der Waals surface area contributed by atoms with Gasteiger partial charge < -0.3 is 24.4 Å². The zero-order chi connectivity index (χ0) is 29.4. The largest absolute Gasteiger partial charge is 0.473 e. The highest BCUT2D eigenvalue weighted by Gasteiger charge is 2.24. The molecule has 1 fully saturated rings. The summed E-state index contributed by atoms with van der Waals surface area (Å²) in [6.45, 7) is 8.20. The summed E-state index contributed by atoms with van der Waals surface area (Å²) < 4.78 is 17.7. The van der Waals surface area contributed by atoms with Crippen molar-refractivity contribution >= 4 is 11.8 Å². The molecular weight excluding hydrogens is 526 g/mol. The summed E-state index contributed by atoms with van der Waals surface area (Å²) in [5.74, 6) is 1.05. The fourth-order valence-electron chi connectivity index (χ4n) is 4.90. The number of ether oxygens (including phenoxy) is 3. The van der Waals surface area contributed by atoms with Crippen LogP contribution in [0.4, 0.5) is 10.5 Å². The molecule has 0 unspecified atom stereocenters. The summed E-state index contributed by atoms with van der Waals surface area (Å²) in [4.78, 5) is 19.3. The van der Waals surface area contributed by atoms with Crippen LogP contribution in [0, 0.1) is 0 Å². The fraction of sp³-hybridized carbons (Fsp3) is 0.314. The van der Waals surface area contributed by atoms with Crippen molar-refractivity contribution in [3.05, 3.63) is 108 Å². The molecule has 0 saturated carbocycles. The van der Waals surface area contributed by atoms with E-state index in [1.54, 1.807) is 0 Å². The summed E-state index contributed by atoms with van der Waals surface area (Å²) in [7, 11) is 0. The normalized spacial score (nSPS) is 13.8. The molecule has 0 radical (unpaired) electrons. The Morgan fingerprint density at radius 1 is 0.810 bits per heavy atom. The van der Waals surface area contributed by atoms with E-state index in [1.165, 1.54) is 0 Å². The van der Waals surface area contributed by atoms with Crippen molar-refractivity contribution in [2.45, 2.75) is 58.5 Å². The van der Waals surface area contributed by atoms with Crippen molar-refractivity contribution in [3.8, 4) is 22.9 Å². The number of carbonyl (C=O) groups excluding carboxylic acids is 1. The third-order valence-electron chi connectivity index (χ3n) is 7.04. The molecule has 1 saturated heterocycles. The number of benzene rings is 3. The van der Waals surface area contributed by atoms with E-state index >= 15 is 0 Å². The maximum atomic E-state index is 12.2. The van der Waals surface area contributed by atoms with Crippen LogP contribution in [0.1, 0.15) is 44.7 Å². The molecule has 0 atom stereocenters. The minimum absolute atomic E-state index is 0.119. The second-order valence-corrected chi connectivity index (χ2v) is 11.5. The predicted octanol–water partition coefficient (Wildman–Crippen LogP) is 7.40. The van der Waals surface area contributed by atoms with Gasteiger partial charge in [-0.3, -0.25) is 0 Å². The SMILES string of the molecule is CC(C)(C)OC(=O)NC1CCN(c2ccc(-c3ccc(OCc4ccccc4)nc3OCc3ccccc3)cc2)CC1. The van der Waals surface area contributed by atoms with E-state index < -0.39 is 5.60 Å². The molecule has 7 heteroatoms. The Morgan fingerprint density at radius 2 is 1.40 bits per heavy atom. The van der Waals surface area contributed by atoms with Gasteiger partial charge in [-0.15, -0.1) is 0 Å². The first-order valence-corrected chi connectivity index (χ1v) is 14.5. The predicted molar refractivity (Wildman–Crippen MR) is 166 cm³/mol. The van der Waals surface area contributed by atoms with Gasteiger partial charge in [-0.05, 0) is 68.5 Å². The van der Waals surface area contributed by atoms with Crippen LogP contribution in [0.2, 0.25) is 0 Å². The molecule has 1 aromatic heterocycles. The minimum atomic E-state index is -0.496. The Kier molecular flexibility index (Phi) is 9.27. The summed E-state index contributed by atoms with van der Waals surface area (Å²) in [5, 5.41) is 3.01. The molecule has 42 heavy (non-hydrogen) atoms. The Bertz CT molecular complexity index is 1430. The molecule has 0 aliphatic carbocycles. The maximum Gasteiger partial charge on any atom is 0.407 e. The van der Waals surface area contributed by atoms with Gasteiger partial charge in [-0.25, -0.2) is 4.79 Å². The van der Waals surface area contributed by atoms with Crippen LogP contribution in [0.5, 0.6) is 11.8 Å². The molecule has 218 valence electrons. The minimum Gasteiger partial charge on any atom is -0.473 e. The summed E-state index contributed by atoms with van der Waals surface area (Å²) in [5.41, 5.74) is 4.73. The lowest BCUT2D eigenvalue weighted by Crippen LogP contribution is -2.46. The number of nitrogens with one attached hydrogen (secondary N) is 1. The van der Waals surface area contributed by atoms with Gasteiger partial charge in [0, 0.05) is 36.4 Å². The smallest absolute Gasteiger partial charge is 0.407 e. The first-order chi connectivity index (χ1) is 20.3. The number of amides is 1. The van der Waals surface area contributed by atoms with Gasteiger partial charge in [-0.2, -0.15) is 4.98 Å². The molecule has 4 aromatic rings. The Labute approximate surface area is 248 Å². The van der Waals surface area contributed by atoms with Gasteiger partial charge in [0.15, 0.2) is 0 Å². The van der Waals surface area contributed by atoms with Gasteiger partial charge >= 0.3 is 6.09 Å². The van der Waals surface area contributed by atoms with Crippen molar-refractivity contribution in [1.82, 2.24) is 10.3 Å². The molecule has 1 N–H and O–H groups in total. The zero-order valence-corrected chi connectivity index (χ0v) is 24.6. The number of hydrogen-bond donors (Lipinski definition) is 1. The number of aromatic nitrogens is 1. The average Bonchev–Trinajstić information content (AvgIpc) is 3.00. The quantitative estimate of drug-likeness (QED) is 0.228. The first kappa shape index (κ1) is 29.0. The van der Waals surface area contributed by atoms with Gasteiger partial charge in [0.2, 0.25) is 11.8 Å². The Balaban J connectivity index is 1.26. The fourth-order valence-corrected chi connectivity index (χ4v) is 4.90. The lowest BCUT2D eigenvalue weighted by atomic mass is 10.0. The lowest BCUT2D eigenvalue weighted by molar-refractivity contribution is 0.0497. The summed E-state index contributed by atoms with van der Waals surface area (Å²) >= 11 is 0. The van der Waals surface area contributed by atoms with Crippen molar-refractivity contribution < 1.29 is 19.0 Å². The van der Waals surface area contributed by atoms with E-state index in [1.807, 2.05) is 93.6 Å². The van der Waals surface area contributed by atoms with E-state index in [0.717, 1.165) is 53.9 Å². The van der Waals surface area contributed by atoms with Gasteiger partial charge in [0.1, 0.15) is 18.8 Å². The van der Waals surface area contributed by atoms with E-state index in [-0.39, 0.29) is 12.1 Å². The molecule has 1 aliphatic heterocycles. The molecule has 1 aliphatic rings. The lowest BCUT2D eigenvalue weighted by Gasteiger charge is -2.34. The zero-order valence-electron chi connectivity index (χ0n) is 24.6. The van der Waals surface area contributed by atoms with Gasteiger partial charge in [0.05, 0.1) is 0 Å². The summed E-state index contributed by atoms with van der Waals surface area (Å²) in [6.07, 6.45) is 1.39. The number of anilines is 1. The first-order valence-electron chi connectivity index (χ1n) is 14.5. The average molecular weight is 566 g/mol. The third-order valence-corrected chi connectivity index (χ3v) is 7.04. The van der Waals surface area contributed by atoms with Crippen molar-refractivity contribution in [1.29, 1.82) is 0 Å². The molecule has 7 nitrogen and oxygen atoms in total. The number of pyridine rings is 1. The third kappa shape index (κ3) is 8.26. The van der Waals surface area contributed by atoms with E-state index in [2.05, 4.69) is 34.5 Å². The number of nitrogens with zero attached hydrogens (tertiary/aromatic N) is 2. The second kappa shape index (κ2) is 13.4. The van der Waals surface area contributed by atoms with E-state index in [0.29, 0.717) is 25.0 Å². The Morgan fingerprint density at radius 3 is 2.00 bits per heavy atom. The van der Waals surface area contributed by atoms with Crippen LogP contribution in [0.15, 0.2) is 97.1 Å². The van der Waals surface area contributed by atoms with Crippen molar-refractivity contribution in [2.75, 3.05) is 18.0 Å². The number of hydrogen-bond acceptors (Lipinski definition) is 6. The van der Waals surface area contributed by atoms with E-state index in [4.69, 9.17) is 19.2 Å². The van der Waals surface area contributed by atoms with Crippen LogP contribution in [-0.4, -0.2) is 35.8 Å². The molecule has 0 spiro atoms. The molecule has 2 heterocycles. The van der Waals surface area contributed by atoms with Crippen LogP contribution in [0.25, 0.3) is 11.1 Å². The number of carbonyl (C=O) groups is 1.